The normalized spacial score (nSPS) is 16.8. The molecule has 1 aromatic carbocycles. The van der Waals surface area contributed by atoms with Crippen LogP contribution in [0.1, 0.15) is 40.2 Å². The monoisotopic (exact) mass is 393 g/mol. The van der Waals surface area contributed by atoms with Crippen LogP contribution in [0.15, 0.2) is 18.2 Å². The van der Waals surface area contributed by atoms with Crippen molar-refractivity contribution in [1.82, 2.24) is 9.88 Å². The fourth-order valence-corrected chi connectivity index (χ4v) is 4.43. The molecule has 0 spiro atoms. The molecule has 5 nitrogen and oxygen atoms in total. The van der Waals surface area contributed by atoms with E-state index >= 15 is 0 Å². The third-order valence-corrected chi connectivity index (χ3v) is 6.21. The maximum absolute atomic E-state index is 14.0. The molecule has 26 heavy (non-hydrogen) atoms. The zero-order valence-corrected chi connectivity index (χ0v) is 15.5. The molecule has 2 heterocycles. The first kappa shape index (κ1) is 17.4. The van der Waals surface area contributed by atoms with Crippen LogP contribution < -0.4 is 5.32 Å². The summed E-state index contributed by atoms with van der Waals surface area (Å²) >= 11 is 7.39. The predicted molar refractivity (Wildman–Crippen MR) is 97.9 cm³/mol. The number of aromatic nitrogens is 1. The number of benzene rings is 1. The summed E-state index contributed by atoms with van der Waals surface area (Å²) in [5.74, 6) is -0.927. The highest BCUT2D eigenvalue weighted by Gasteiger charge is 2.29. The van der Waals surface area contributed by atoms with E-state index in [1.807, 2.05) is 0 Å². The van der Waals surface area contributed by atoms with Crippen LogP contribution in [0.5, 0.6) is 0 Å². The number of fused-ring (bicyclic) bond motifs is 1. The van der Waals surface area contributed by atoms with E-state index in [1.165, 1.54) is 29.5 Å². The van der Waals surface area contributed by atoms with Crippen molar-refractivity contribution < 1.29 is 14.0 Å². The maximum atomic E-state index is 14.0. The molecule has 0 unspecified atom stereocenters. The Morgan fingerprint density at radius 2 is 2.15 bits per heavy atom. The Labute approximate surface area is 159 Å². The largest absolute Gasteiger partial charge is 0.333 e. The molecule has 136 valence electrons. The summed E-state index contributed by atoms with van der Waals surface area (Å²) in [5, 5.41) is 3.56. The zero-order valence-electron chi connectivity index (χ0n) is 13.9. The average Bonchev–Trinajstić information content (AvgIpc) is 2.93. The quantitative estimate of drug-likeness (QED) is 0.860. The lowest BCUT2D eigenvalue weighted by Gasteiger charge is -2.26. The highest BCUT2D eigenvalue weighted by atomic mass is 35.5. The smallest absolute Gasteiger partial charge is 0.258 e. The minimum absolute atomic E-state index is 0.0217. The maximum Gasteiger partial charge on any atom is 0.258 e. The van der Waals surface area contributed by atoms with Crippen LogP contribution in [0.2, 0.25) is 5.02 Å². The van der Waals surface area contributed by atoms with Gasteiger partial charge in [0.25, 0.3) is 5.91 Å². The molecule has 1 aliphatic heterocycles. The van der Waals surface area contributed by atoms with Gasteiger partial charge in [-0.05, 0) is 25.0 Å². The third kappa shape index (κ3) is 3.21. The molecule has 1 saturated carbocycles. The highest BCUT2D eigenvalue weighted by molar-refractivity contribution is 7.15. The Morgan fingerprint density at radius 3 is 2.85 bits per heavy atom. The molecule has 8 heteroatoms. The third-order valence-electron chi connectivity index (χ3n) is 4.90. The Kier molecular flexibility index (Phi) is 4.67. The summed E-state index contributed by atoms with van der Waals surface area (Å²) < 4.78 is 14.0. The first-order valence-corrected chi connectivity index (χ1v) is 9.75. The number of thiazole rings is 1. The van der Waals surface area contributed by atoms with Gasteiger partial charge >= 0.3 is 0 Å². The lowest BCUT2D eigenvalue weighted by atomic mass is 9.85. The predicted octanol–water partition coefficient (Wildman–Crippen LogP) is 3.87. The van der Waals surface area contributed by atoms with Crippen molar-refractivity contribution in [2.45, 2.75) is 32.2 Å². The van der Waals surface area contributed by atoms with Gasteiger partial charge in [-0.1, -0.05) is 35.4 Å². The van der Waals surface area contributed by atoms with Crippen LogP contribution >= 0.6 is 22.9 Å². The van der Waals surface area contributed by atoms with E-state index < -0.39 is 11.7 Å². The summed E-state index contributed by atoms with van der Waals surface area (Å²) in [6.45, 7) is 0.784. The Balaban J connectivity index is 1.49. The number of nitrogens with one attached hydrogen (secondary N) is 1. The number of nitrogens with zero attached hydrogens (tertiary/aromatic N) is 2. The fraction of sp³-hybridized carbons (Fsp3) is 0.389. The number of hydrogen-bond donors (Lipinski definition) is 1. The molecule has 1 fully saturated rings. The van der Waals surface area contributed by atoms with Crippen molar-refractivity contribution in [3.63, 3.8) is 0 Å². The van der Waals surface area contributed by atoms with Gasteiger partial charge in [-0.2, -0.15) is 0 Å². The molecule has 1 aromatic heterocycles. The van der Waals surface area contributed by atoms with Crippen molar-refractivity contribution in [1.29, 1.82) is 0 Å². The minimum atomic E-state index is -0.619. The molecule has 2 aliphatic rings. The summed E-state index contributed by atoms with van der Waals surface area (Å²) in [7, 11) is 0. The highest BCUT2D eigenvalue weighted by Crippen LogP contribution is 2.32. The number of hydrogen-bond acceptors (Lipinski definition) is 4. The van der Waals surface area contributed by atoms with Crippen LogP contribution in [0.3, 0.4) is 0 Å². The second-order valence-electron chi connectivity index (χ2n) is 6.58. The first-order chi connectivity index (χ1) is 12.5. The molecular formula is C18H17ClFN3O2S. The van der Waals surface area contributed by atoms with Gasteiger partial charge < -0.3 is 10.2 Å². The standard InChI is InChI=1S/C18H17ClFN3O2S/c19-11-5-2-6-12(20)15(11)17(25)23-8-7-13-14(9-23)26-18(21-13)22-16(24)10-3-1-4-10/h2,5-6,10H,1,3-4,7-9H2,(H,21,22,24). The Bertz CT molecular complexity index is 861. The number of rotatable bonds is 3. The molecule has 1 aliphatic carbocycles. The van der Waals surface area contributed by atoms with Gasteiger partial charge in [0, 0.05) is 23.8 Å². The average molecular weight is 394 g/mol. The van der Waals surface area contributed by atoms with Crippen LogP contribution in [0.25, 0.3) is 0 Å². The van der Waals surface area contributed by atoms with Crippen LogP contribution in [0, 0.1) is 11.7 Å². The fourth-order valence-electron chi connectivity index (χ4n) is 3.16. The summed E-state index contributed by atoms with van der Waals surface area (Å²) in [4.78, 5) is 31.7. The number of anilines is 1. The van der Waals surface area contributed by atoms with Crippen molar-refractivity contribution in [3.8, 4) is 0 Å². The van der Waals surface area contributed by atoms with E-state index in [0.29, 0.717) is 24.6 Å². The van der Waals surface area contributed by atoms with Crippen molar-refractivity contribution >= 4 is 39.9 Å². The van der Waals surface area contributed by atoms with E-state index in [1.54, 1.807) is 4.90 Å². The second kappa shape index (κ2) is 6.96. The molecule has 0 saturated heterocycles. The van der Waals surface area contributed by atoms with E-state index in [4.69, 9.17) is 11.6 Å². The van der Waals surface area contributed by atoms with Gasteiger partial charge in [0.15, 0.2) is 5.13 Å². The second-order valence-corrected chi connectivity index (χ2v) is 8.07. The van der Waals surface area contributed by atoms with Gasteiger partial charge in [0.2, 0.25) is 5.91 Å². The lowest BCUT2D eigenvalue weighted by molar-refractivity contribution is -0.122. The molecule has 2 aromatic rings. The van der Waals surface area contributed by atoms with Crippen molar-refractivity contribution in [2.75, 3.05) is 11.9 Å². The molecule has 0 radical (unpaired) electrons. The van der Waals surface area contributed by atoms with Gasteiger partial charge in [-0.15, -0.1) is 0 Å². The lowest BCUT2D eigenvalue weighted by Crippen LogP contribution is -2.36. The first-order valence-electron chi connectivity index (χ1n) is 8.55. The van der Waals surface area contributed by atoms with Crippen LogP contribution in [-0.2, 0) is 17.8 Å². The van der Waals surface area contributed by atoms with Gasteiger partial charge in [-0.25, -0.2) is 9.37 Å². The molecule has 1 N–H and O–H groups in total. The number of carbonyl (C=O) groups excluding carboxylic acids is 2. The molecular weight excluding hydrogens is 377 g/mol. The SMILES string of the molecule is O=C(Nc1nc2c(s1)CN(C(=O)c1c(F)cccc1Cl)CC2)C1CCC1. The van der Waals surface area contributed by atoms with E-state index in [-0.39, 0.29) is 22.4 Å². The topological polar surface area (TPSA) is 62.3 Å². The number of carbonyl (C=O) groups is 2. The Morgan fingerprint density at radius 1 is 1.35 bits per heavy atom. The zero-order chi connectivity index (χ0) is 18.3. The summed E-state index contributed by atoms with van der Waals surface area (Å²) in [6.07, 6.45) is 3.54. The molecule has 4 rings (SSSR count). The Hall–Kier alpha value is -1.99. The van der Waals surface area contributed by atoms with Gasteiger partial charge in [0.1, 0.15) is 5.82 Å². The van der Waals surface area contributed by atoms with E-state index in [2.05, 4.69) is 10.3 Å². The number of halogens is 2. The number of amides is 2. The summed E-state index contributed by atoms with van der Waals surface area (Å²) in [6, 6.07) is 4.21. The van der Waals surface area contributed by atoms with Crippen LogP contribution in [0.4, 0.5) is 9.52 Å². The van der Waals surface area contributed by atoms with Gasteiger partial charge in [-0.3, -0.25) is 9.59 Å². The van der Waals surface area contributed by atoms with Crippen molar-refractivity contribution in [2.24, 2.45) is 5.92 Å². The van der Waals surface area contributed by atoms with Gasteiger partial charge in [0.05, 0.1) is 22.8 Å². The molecule has 0 bridgehead atoms. The summed E-state index contributed by atoms with van der Waals surface area (Å²) in [5.41, 5.74) is 0.795. The van der Waals surface area contributed by atoms with Crippen LogP contribution in [-0.4, -0.2) is 28.2 Å². The molecule has 2 amide bonds. The van der Waals surface area contributed by atoms with E-state index in [0.717, 1.165) is 29.8 Å². The minimum Gasteiger partial charge on any atom is -0.333 e. The van der Waals surface area contributed by atoms with E-state index in [9.17, 15) is 14.0 Å². The molecule has 0 atom stereocenters. The van der Waals surface area contributed by atoms with Crippen molar-refractivity contribution in [3.05, 3.63) is 45.2 Å².